The molecule has 1 aromatic rings. The van der Waals surface area contributed by atoms with Crippen LogP contribution in [0.15, 0.2) is 24.3 Å². The van der Waals surface area contributed by atoms with Crippen molar-refractivity contribution < 1.29 is 4.74 Å². The molecule has 1 aliphatic heterocycles. The summed E-state index contributed by atoms with van der Waals surface area (Å²) >= 11 is 0. The Morgan fingerprint density at radius 3 is 2.55 bits per heavy atom. The van der Waals surface area contributed by atoms with Crippen molar-refractivity contribution in [2.45, 2.75) is 51.8 Å². The van der Waals surface area contributed by atoms with Gasteiger partial charge in [0.05, 0.1) is 6.10 Å². The Kier molecular flexibility index (Phi) is 5.06. The van der Waals surface area contributed by atoms with Gasteiger partial charge in [-0.3, -0.25) is 0 Å². The molecule has 1 N–H and O–H groups in total. The van der Waals surface area contributed by atoms with E-state index < -0.39 is 0 Å². The maximum absolute atomic E-state index is 5.49. The van der Waals surface area contributed by atoms with Crippen LogP contribution in [0.4, 0.5) is 5.69 Å². The van der Waals surface area contributed by atoms with Gasteiger partial charge < -0.3 is 15.0 Å². The summed E-state index contributed by atoms with van der Waals surface area (Å²) < 4.78 is 5.49. The van der Waals surface area contributed by atoms with Crippen LogP contribution >= 0.6 is 0 Å². The Hall–Kier alpha value is -1.06. The van der Waals surface area contributed by atoms with Crippen molar-refractivity contribution in [2.24, 2.45) is 0 Å². The molecular formula is C17H28N2O. The molecule has 0 bridgehead atoms. The van der Waals surface area contributed by atoms with Crippen molar-refractivity contribution in [3.05, 3.63) is 29.8 Å². The van der Waals surface area contributed by atoms with E-state index >= 15 is 0 Å². The largest absolute Gasteiger partial charge is 0.380 e. The maximum Gasteiger partial charge on any atom is 0.0746 e. The topological polar surface area (TPSA) is 24.5 Å². The summed E-state index contributed by atoms with van der Waals surface area (Å²) in [6.07, 6.45) is 2.78. The van der Waals surface area contributed by atoms with Gasteiger partial charge in [-0.2, -0.15) is 0 Å². The molecule has 1 heterocycles. The minimum Gasteiger partial charge on any atom is -0.380 e. The molecule has 3 nitrogen and oxygen atoms in total. The van der Waals surface area contributed by atoms with Crippen LogP contribution in [0.1, 0.15) is 39.2 Å². The van der Waals surface area contributed by atoms with Crippen molar-refractivity contribution in [1.29, 1.82) is 0 Å². The van der Waals surface area contributed by atoms with Gasteiger partial charge in [0.2, 0.25) is 0 Å². The van der Waals surface area contributed by atoms with Crippen LogP contribution in [-0.2, 0) is 11.3 Å². The minimum absolute atomic E-state index is 0.164. The van der Waals surface area contributed by atoms with Crippen molar-refractivity contribution in [2.75, 3.05) is 25.1 Å². The van der Waals surface area contributed by atoms with Gasteiger partial charge >= 0.3 is 0 Å². The molecular weight excluding hydrogens is 248 g/mol. The van der Waals surface area contributed by atoms with E-state index in [-0.39, 0.29) is 5.54 Å². The van der Waals surface area contributed by atoms with Gasteiger partial charge in [-0.15, -0.1) is 0 Å². The average Bonchev–Trinajstić information content (AvgIpc) is 2.45. The van der Waals surface area contributed by atoms with Gasteiger partial charge in [0.25, 0.3) is 0 Å². The molecule has 1 aromatic carbocycles. The van der Waals surface area contributed by atoms with Gasteiger partial charge in [0.1, 0.15) is 0 Å². The monoisotopic (exact) mass is 276 g/mol. The molecule has 2 rings (SSSR count). The van der Waals surface area contributed by atoms with Crippen LogP contribution in [0.25, 0.3) is 0 Å². The first-order valence-electron chi connectivity index (χ1n) is 7.59. The Morgan fingerprint density at radius 2 is 1.95 bits per heavy atom. The first-order valence-corrected chi connectivity index (χ1v) is 7.59. The number of nitrogens with one attached hydrogen (secondary N) is 1. The number of benzene rings is 1. The van der Waals surface area contributed by atoms with Crippen molar-refractivity contribution in [3.63, 3.8) is 0 Å². The van der Waals surface area contributed by atoms with Crippen molar-refractivity contribution in [3.8, 4) is 0 Å². The zero-order valence-electron chi connectivity index (χ0n) is 13.3. The zero-order chi connectivity index (χ0) is 14.6. The summed E-state index contributed by atoms with van der Waals surface area (Å²) in [6, 6.07) is 8.92. The van der Waals surface area contributed by atoms with Crippen LogP contribution in [0.2, 0.25) is 0 Å². The second-order valence-electron chi connectivity index (χ2n) is 6.72. The number of ether oxygens (including phenoxy) is 1. The van der Waals surface area contributed by atoms with Crippen LogP contribution in [-0.4, -0.2) is 31.8 Å². The lowest BCUT2D eigenvalue weighted by atomic mass is 10.1. The maximum atomic E-state index is 5.49. The quantitative estimate of drug-likeness (QED) is 0.914. The molecule has 1 aliphatic rings. The molecule has 1 atom stereocenters. The van der Waals surface area contributed by atoms with E-state index in [1.54, 1.807) is 0 Å². The number of rotatable bonds is 4. The third kappa shape index (κ3) is 4.50. The fourth-order valence-electron chi connectivity index (χ4n) is 2.56. The number of methoxy groups -OCH3 is 1. The highest BCUT2D eigenvalue weighted by Crippen LogP contribution is 2.21. The molecule has 1 fully saturated rings. The number of anilines is 1. The Balaban J connectivity index is 1.94. The third-order valence-electron chi connectivity index (χ3n) is 3.84. The second-order valence-corrected chi connectivity index (χ2v) is 6.72. The SMILES string of the molecule is COC1CCCN(c2ccc(CNC(C)(C)C)cc2)C1. The van der Waals surface area contributed by atoms with E-state index in [0.29, 0.717) is 6.10 Å². The number of hydrogen-bond donors (Lipinski definition) is 1. The standard InChI is InChI=1S/C17H28N2O/c1-17(2,3)18-12-14-7-9-15(10-8-14)19-11-5-6-16(13-19)20-4/h7-10,16,18H,5-6,11-13H2,1-4H3. The molecule has 0 aromatic heterocycles. The Bertz CT molecular complexity index is 408. The van der Waals surface area contributed by atoms with Crippen LogP contribution in [0.5, 0.6) is 0 Å². The molecule has 1 saturated heterocycles. The number of hydrogen-bond acceptors (Lipinski definition) is 3. The van der Waals surface area contributed by atoms with Crippen molar-refractivity contribution >= 4 is 5.69 Å². The first-order chi connectivity index (χ1) is 9.48. The van der Waals surface area contributed by atoms with E-state index in [2.05, 4.69) is 55.3 Å². The molecule has 112 valence electrons. The van der Waals surface area contributed by atoms with Gasteiger partial charge in [-0.05, 0) is 51.3 Å². The second kappa shape index (κ2) is 6.59. The summed E-state index contributed by atoms with van der Waals surface area (Å²) in [5.41, 5.74) is 2.81. The summed E-state index contributed by atoms with van der Waals surface area (Å²) in [5.74, 6) is 0. The molecule has 0 saturated carbocycles. The van der Waals surface area contributed by atoms with Crippen LogP contribution in [0.3, 0.4) is 0 Å². The van der Waals surface area contributed by atoms with E-state index in [4.69, 9.17) is 4.74 Å². The van der Waals surface area contributed by atoms with Crippen LogP contribution in [0, 0.1) is 0 Å². The third-order valence-corrected chi connectivity index (χ3v) is 3.84. The molecule has 0 aliphatic carbocycles. The van der Waals surface area contributed by atoms with E-state index in [0.717, 1.165) is 19.6 Å². The van der Waals surface area contributed by atoms with Gasteiger partial charge in [0, 0.05) is 38.0 Å². The number of piperidine rings is 1. The minimum atomic E-state index is 0.164. The van der Waals surface area contributed by atoms with Gasteiger partial charge in [0.15, 0.2) is 0 Å². The normalized spacial score (nSPS) is 20.2. The summed E-state index contributed by atoms with van der Waals surface area (Å²) in [7, 11) is 1.81. The highest BCUT2D eigenvalue weighted by atomic mass is 16.5. The Morgan fingerprint density at radius 1 is 1.25 bits per heavy atom. The van der Waals surface area contributed by atoms with Crippen LogP contribution < -0.4 is 10.2 Å². The molecule has 0 radical (unpaired) electrons. The molecule has 3 heteroatoms. The van der Waals surface area contributed by atoms with E-state index in [9.17, 15) is 0 Å². The first kappa shape index (κ1) is 15.3. The summed E-state index contributed by atoms with van der Waals surface area (Å²) in [4.78, 5) is 2.43. The molecule has 0 spiro atoms. The number of nitrogens with zero attached hydrogens (tertiary/aromatic N) is 1. The highest BCUT2D eigenvalue weighted by molar-refractivity contribution is 5.48. The van der Waals surface area contributed by atoms with Crippen molar-refractivity contribution in [1.82, 2.24) is 5.32 Å². The fourth-order valence-corrected chi connectivity index (χ4v) is 2.56. The zero-order valence-corrected chi connectivity index (χ0v) is 13.3. The lowest BCUT2D eigenvalue weighted by Gasteiger charge is -2.33. The average molecular weight is 276 g/mol. The lowest BCUT2D eigenvalue weighted by molar-refractivity contribution is 0.0893. The van der Waals surface area contributed by atoms with E-state index in [1.165, 1.54) is 24.1 Å². The fraction of sp³-hybridized carbons (Fsp3) is 0.647. The highest BCUT2D eigenvalue weighted by Gasteiger charge is 2.19. The molecule has 20 heavy (non-hydrogen) atoms. The lowest BCUT2D eigenvalue weighted by Crippen LogP contribution is -2.39. The Labute approximate surface area is 123 Å². The predicted molar refractivity (Wildman–Crippen MR) is 85.3 cm³/mol. The van der Waals surface area contributed by atoms with E-state index in [1.807, 2.05) is 7.11 Å². The van der Waals surface area contributed by atoms with Gasteiger partial charge in [-0.1, -0.05) is 12.1 Å². The molecule has 0 amide bonds. The smallest absolute Gasteiger partial charge is 0.0746 e. The summed E-state index contributed by atoms with van der Waals surface area (Å²) in [5, 5.41) is 3.52. The predicted octanol–water partition coefficient (Wildman–Crippen LogP) is 3.19. The summed E-state index contributed by atoms with van der Waals surface area (Å²) in [6.45, 7) is 9.65. The van der Waals surface area contributed by atoms with Gasteiger partial charge in [-0.25, -0.2) is 0 Å². The molecule has 1 unspecified atom stereocenters.